The molecule has 0 radical (unpaired) electrons. The molecule has 2 amide bonds. The largest absolute Gasteiger partial charge is 0.480 e. The number of aliphatic carboxylic acids is 1. The summed E-state index contributed by atoms with van der Waals surface area (Å²) in [5.41, 5.74) is -0.174. The highest BCUT2D eigenvalue weighted by Gasteiger charge is 2.36. The van der Waals surface area contributed by atoms with Crippen LogP contribution in [0, 0.1) is 10.1 Å². The van der Waals surface area contributed by atoms with Crippen LogP contribution in [0.3, 0.4) is 0 Å². The number of carbonyl (C=O) groups excluding carboxylic acids is 2. The Kier molecular flexibility index (Phi) is 5.12. The smallest absolute Gasteiger partial charge is 0.326 e. The first kappa shape index (κ1) is 17.4. The molecule has 1 aliphatic heterocycles. The molecule has 0 saturated carbocycles. The number of carboxylic acids is 1. The van der Waals surface area contributed by atoms with Crippen molar-refractivity contribution in [1.29, 1.82) is 0 Å². The molecule has 128 valence electrons. The lowest BCUT2D eigenvalue weighted by Crippen LogP contribution is -2.50. The zero-order valence-corrected chi connectivity index (χ0v) is 13.0. The Bertz CT molecular complexity index is 690. The van der Waals surface area contributed by atoms with Crippen LogP contribution in [0.1, 0.15) is 30.1 Å². The number of nitrogens with zero attached hydrogens (tertiary/aromatic N) is 2. The second-order valence-electron chi connectivity index (χ2n) is 5.53. The van der Waals surface area contributed by atoms with E-state index in [-0.39, 0.29) is 11.3 Å². The predicted octanol–water partition coefficient (Wildman–Crippen LogP) is 0.789. The van der Waals surface area contributed by atoms with E-state index in [4.69, 9.17) is 5.11 Å². The average molecular weight is 335 g/mol. The van der Waals surface area contributed by atoms with Crippen molar-refractivity contribution < 1.29 is 24.4 Å². The Morgan fingerprint density at radius 3 is 2.75 bits per heavy atom. The van der Waals surface area contributed by atoms with Crippen molar-refractivity contribution >= 4 is 23.5 Å². The van der Waals surface area contributed by atoms with Gasteiger partial charge in [-0.3, -0.25) is 19.7 Å². The molecule has 1 saturated heterocycles. The maximum atomic E-state index is 12.3. The average Bonchev–Trinajstić information content (AvgIpc) is 3.03. The standard InChI is InChI=1S/C15H17N3O6/c1-9(14(20)17-7-3-6-12(17)15(21)22)16-13(19)10-4-2-5-11(8-10)18(23)24/h2,4-5,8-9,12H,3,6-7H2,1H3,(H,16,19)(H,21,22). The zero-order chi connectivity index (χ0) is 17.9. The molecule has 2 N–H and O–H groups in total. The molecule has 1 fully saturated rings. The summed E-state index contributed by atoms with van der Waals surface area (Å²) in [6.07, 6.45) is 0.973. The minimum absolute atomic E-state index is 0.0556. The summed E-state index contributed by atoms with van der Waals surface area (Å²) in [4.78, 5) is 47.0. The van der Waals surface area contributed by atoms with Gasteiger partial charge in [-0.15, -0.1) is 0 Å². The minimum atomic E-state index is -1.07. The van der Waals surface area contributed by atoms with E-state index in [2.05, 4.69) is 5.32 Å². The van der Waals surface area contributed by atoms with Gasteiger partial charge >= 0.3 is 5.97 Å². The third-order valence-electron chi connectivity index (χ3n) is 3.86. The number of nitrogens with one attached hydrogen (secondary N) is 1. The van der Waals surface area contributed by atoms with Crippen LogP contribution in [0.25, 0.3) is 0 Å². The van der Waals surface area contributed by atoms with Gasteiger partial charge in [-0.25, -0.2) is 4.79 Å². The highest BCUT2D eigenvalue weighted by molar-refractivity contribution is 5.98. The van der Waals surface area contributed by atoms with Gasteiger partial charge in [0, 0.05) is 24.2 Å². The molecule has 2 atom stereocenters. The van der Waals surface area contributed by atoms with Gasteiger partial charge in [0.15, 0.2) is 0 Å². The Balaban J connectivity index is 2.06. The van der Waals surface area contributed by atoms with Crippen molar-refractivity contribution in [2.45, 2.75) is 31.8 Å². The van der Waals surface area contributed by atoms with Gasteiger partial charge in [-0.1, -0.05) is 6.07 Å². The number of non-ortho nitro benzene ring substituents is 1. The van der Waals surface area contributed by atoms with Crippen LogP contribution in [0.2, 0.25) is 0 Å². The van der Waals surface area contributed by atoms with E-state index in [1.165, 1.54) is 30.0 Å². The summed E-state index contributed by atoms with van der Waals surface area (Å²) in [5, 5.41) is 22.3. The summed E-state index contributed by atoms with van der Waals surface area (Å²) in [7, 11) is 0. The highest BCUT2D eigenvalue weighted by atomic mass is 16.6. The number of rotatable bonds is 5. The topological polar surface area (TPSA) is 130 Å². The third-order valence-corrected chi connectivity index (χ3v) is 3.86. The number of nitro groups is 1. The van der Waals surface area contributed by atoms with Gasteiger partial charge in [-0.2, -0.15) is 0 Å². The van der Waals surface area contributed by atoms with E-state index in [0.29, 0.717) is 19.4 Å². The van der Waals surface area contributed by atoms with Gasteiger partial charge in [0.1, 0.15) is 12.1 Å². The van der Waals surface area contributed by atoms with Crippen molar-refractivity contribution in [3.05, 3.63) is 39.9 Å². The number of carbonyl (C=O) groups is 3. The van der Waals surface area contributed by atoms with Crippen molar-refractivity contribution in [1.82, 2.24) is 10.2 Å². The molecule has 1 aromatic rings. The van der Waals surface area contributed by atoms with E-state index in [9.17, 15) is 24.5 Å². The Morgan fingerprint density at radius 1 is 1.42 bits per heavy atom. The van der Waals surface area contributed by atoms with Crippen LogP contribution in [-0.4, -0.2) is 51.3 Å². The number of amides is 2. The molecule has 0 spiro atoms. The quantitative estimate of drug-likeness (QED) is 0.604. The molecule has 9 nitrogen and oxygen atoms in total. The van der Waals surface area contributed by atoms with Crippen LogP contribution < -0.4 is 5.32 Å². The summed E-state index contributed by atoms with van der Waals surface area (Å²) >= 11 is 0. The molecule has 2 rings (SSSR count). The molecule has 1 heterocycles. The summed E-state index contributed by atoms with van der Waals surface area (Å²) in [5.74, 6) is -2.19. The van der Waals surface area contributed by atoms with Crippen LogP contribution in [0.4, 0.5) is 5.69 Å². The van der Waals surface area contributed by atoms with Crippen molar-refractivity contribution in [2.75, 3.05) is 6.54 Å². The SMILES string of the molecule is CC(NC(=O)c1cccc([N+](=O)[O-])c1)C(=O)N1CCCC1C(=O)O. The fourth-order valence-corrected chi connectivity index (χ4v) is 2.64. The predicted molar refractivity (Wildman–Crippen MR) is 82.4 cm³/mol. The van der Waals surface area contributed by atoms with Gasteiger partial charge in [0.05, 0.1) is 4.92 Å². The molecular weight excluding hydrogens is 318 g/mol. The number of hydrogen-bond donors (Lipinski definition) is 2. The Hall–Kier alpha value is -2.97. The van der Waals surface area contributed by atoms with E-state index in [0.717, 1.165) is 6.07 Å². The molecule has 24 heavy (non-hydrogen) atoms. The van der Waals surface area contributed by atoms with E-state index in [1.54, 1.807) is 0 Å². The maximum Gasteiger partial charge on any atom is 0.326 e. The molecule has 0 bridgehead atoms. The van der Waals surface area contributed by atoms with E-state index < -0.39 is 34.8 Å². The lowest BCUT2D eigenvalue weighted by Gasteiger charge is -2.25. The Labute approximate surface area is 137 Å². The summed E-state index contributed by atoms with van der Waals surface area (Å²) in [6.45, 7) is 1.78. The minimum Gasteiger partial charge on any atom is -0.480 e. The van der Waals surface area contributed by atoms with Crippen LogP contribution in [-0.2, 0) is 9.59 Å². The second-order valence-corrected chi connectivity index (χ2v) is 5.53. The molecule has 2 unspecified atom stereocenters. The molecule has 1 aliphatic rings. The molecule has 0 aliphatic carbocycles. The van der Waals surface area contributed by atoms with Gasteiger partial charge in [-0.05, 0) is 25.8 Å². The van der Waals surface area contributed by atoms with Crippen LogP contribution >= 0.6 is 0 Å². The third kappa shape index (κ3) is 3.67. The van der Waals surface area contributed by atoms with Crippen LogP contribution in [0.15, 0.2) is 24.3 Å². The zero-order valence-electron chi connectivity index (χ0n) is 13.0. The highest BCUT2D eigenvalue weighted by Crippen LogP contribution is 2.19. The first-order valence-corrected chi connectivity index (χ1v) is 7.40. The van der Waals surface area contributed by atoms with E-state index >= 15 is 0 Å². The lowest BCUT2D eigenvalue weighted by atomic mass is 10.1. The number of carboxylic acid groups (broad SMARTS) is 1. The first-order chi connectivity index (χ1) is 11.3. The normalized spacial score (nSPS) is 18.0. The van der Waals surface area contributed by atoms with Gasteiger partial charge < -0.3 is 15.3 Å². The number of benzene rings is 1. The summed E-state index contributed by atoms with van der Waals surface area (Å²) < 4.78 is 0. The van der Waals surface area contributed by atoms with Crippen molar-refractivity contribution in [3.8, 4) is 0 Å². The van der Waals surface area contributed by atoms with Crippen LogP contribution in [0.5, 0.6) is 0 Å². The molecule has 9 heteroatoms. The molecule has 1 aromatic carbocycles. The fourth-order valence-electron chi connectivity index (χ4n) is 2.64. The molecule has 0 aromatic heterocycles. The number of hydrogen-bond acceptors (Lipinski definition) is 5. The van der Waals surface area contributed by atoms with Gasteiger partial charge in [0.2, 0.25) is 5.91 Å². The van der Waals surface area contributed by atoms with Crippen molar-refractivity contribution in [3.63, 3.8) is 0 Å². The van der Waals surface area contributed by atoms with E-state index in [1.807, 2.05) is 0 Å². The number of nitro benzene ring substituents is 1. The monoisotopic (exact) mass is 335 g/mol. The number of likely N-dealkylation sites (tertiary alicyclic amines) is 1. The maximum absolute atomic E-state index is 12.3. The second kappa shape index (κ2) is 7.07. The van der Waals surface area contributed by atoms with Crippen molar-refractivity contribution in [2.24, 2.45) is 0 Å². The fraction of sp³-hybridized carbons (Fsp3) is 0.400. The first-order valence-electron chi connectivity index (χ1n) is 7.40. The van der Waals surface area contributed by atoms with Gasteiger partial charge in [0.25, 0.3) is 11.6 Å². The Morgan fingerprint density at radius 2 is 2.12 bits per heavy atom. The lowest BCUT2D eigenvalue weighted by molar-refractivity contribution is -0.384. The summed E-state index contributed by atoms with van der Waals surface area (Å²) in [6, 6.07) is 3.33. The molecular formula is C15H17N3O6.